The Morgan fingerprint density at radius 2 is 0.852 bits per heavy atom. The molecular weight excluding hydrogens is 675 g/mol. The Balaban J connectivity index is 5.15. The minimum Gasteiger partial charge on any atom is -0.356 e. The lowest BCUT2D eigenvalue weighted by Gasteiger charge is -2.37. The highest BCUT2D eigenvalue weighted by molar-refractivity contribution is 5.77. The van der Waals surface area contributed by atoms with E-state index in [0.29, 0.717) is 65.1 Å². The first-order chi connectivity index (χ1) is 24.6. The summed E-state index contributed by atoms with van der Waals surface area (Å²) >= 11 is 0. The average molecular weight is 766 g/mol. The number of rotatable bonds is 29. The fraction of sp³-hybridized carbons (Fsp3) is 0.932. The normalized spacial score (nSPS) is 14.3. The van der Waals surface area contributed by atoms with Crippen LogP contribution in [0.25, 0.3) is 0 Å². The molecule has 0 heterocycles. The van der Waals surface area contributed by atoms with Gasteiger partial charge in [-0.3, -0.25) is 14.4 Å². The molecule has 0 aromatic carbocycles. The highest BCUT2D eigenvalue weighted by atomic mass is 16.2. The highest BCUT2D eigenvalue weighted by Gasteiger charge is 2.31. The summed E-state index contributed by atoms with van der Waals surface area (Å²) in [4.78, 5) is 43.3. The van der Waals surface area contributed by atoms with Crippen molar-refractivity contribution in [2.24, 2.45) is 38.2 Å². The predicted octanol–water partition coefficient (Wildman–Crippen LogP) is 6.83. The summed E-state index contributed by atoms with van der Waals surface area (Å²) in [6, 6.07) is 0. The largest absolute Gasteiger partial charge is 0.356 e. The van der Waals surface area contributed by atoms with Gasteiger partial charge in [-0.2, -0.15) is 0 Å². The topological polar surface area (TPSA) is 132 Å². The lowest BCUT2D eigenvalue weighted by molar-refractivity contribution is -0.123. The van der Waals surface area contributed by atoms with Crippen molar-refractivity contribution in [3.05, 3.63) is 0 Å². The number of carbonyl (C=O) groups is 3. The van der Waals surface area contributed by atoms with E-state index in [0.717, 1.165) is 64.8 Å². The number of hydrogen-bond donors (Lipinski definition) is 5. The van der Waals surface area contributed by atoms with Crippen molar-refractivity contribution in [2.45, 2.75) is 155 Å². The molecule has 320 valence electrons. The van der Waals surface area contributed by atoms with Crippen LogP contribution in [0, 0.1) is 32.5 Å². The van der Waals surface area contributed by atoms with Crippen LogP contribution in [0.3, 0.4) is 0 Å². The molecule has 0 aromatic heterocycles. The molecule has 0 saturated heterocycles. The minimum absolute atomic E-state index is 0.0134. The van der Waals surface area contributed by atoms with E-state index in [4.69, 9.17) is 5.73 Å². The molecule has 0 bridgehead atoms. The van der Waals surface area contributed by atoms with Crippen molar-refractivity contribution in [3.63, 3.8) is 0 Å². The fourth-order valence-electron chi connectivity index (χ4n) is 8.07. The molecule has 6 N–H and O–H groups in total. The average Bonchev–Trinajstić information content (AvgIpc) is 3.02. The van der Waals surface area contributed by atoms with Crippen molar-refractivity contribution in [3.8, 4) is 0 Å². The molecule has 0 saturated carbocycles. The van der Waals surface area contributed by atoms with Crippen LogP contribution in [-0.4, -0.2) is 106 Å². The third-order valence-corrected chi connectivity index (χ3v) is 10.6. The maximum absolute atomic E-state index is 13.1. The number of amides is 3. The molecule has 3 amide bonds. The van der Waals surface area contributed by atoms with Gasteiger partial charge in [0.15, 0.2) is 0 Å². The number of nitrogens with zero attached hydrogens (tertiary/aromatic N) is 2. The Morgan fingerprint density at radius 1 is 0.481 bits per heavy atom. The van der Waals surface area contributed by atoms with E-state index < -0.39 is 0 Å². The number of carbonyl (C=O) groups excluding carboxylic acids is 3. The van der Waals surface area contributed by atoms with Gasteiger partial charge in [-0.15, -0.1) is 0 Å². The maximum atomic E-state index is 13.1. The second-order valence-corrected chi connectivity index (χ2v) is 21.5. The SMILES string of the molecule is CCC(C)(C)CC(C)(CC)CNC(=O)CCN(CCNCCN(CCN)CCC(=O)NCC(C)(C)CC(C)(C)C)CCC(=O)NCC(C)(C)CC(C)(C)C. The second kappa shape index (κ2) is 24.1. The Hall–Kier alpha value is -1.75. The van der Waals surface area contributed by atoms with Gasteiger partial charge in [-0.25, -0.2) is 0 Å². The first-order valence-corrected chi connectivity index (χ1v) is 21.3. The van der Waals surface area contributed by atoms with Gasteiger partial charge >= 0.3 is 0 Å². The van der Waals surface area contributed by atoms with Crippen molar-refractivity contribution >= 4 is 17.7 Å². The van der Waals surface area contributed by atoms with Crippen LogP contribution in [0.15, 0.2) is 0 Å². The van der Waals surface area contributed by atoms with Crippen LogP contribution in [-0.2, 0) is 14.4 Å². The van der Waals surface area contributed by atoms with E-state index in [2.05, 4.69) is 135 Å². The zero-order chi connectivity index (χ0) is 41.9. The molecule has 54 heavy (non-hydrogen) atoms. The third-order valence-electron chi connectivity index (χ3n) is 10.6. The predicted molar refractivity (Wildman–Crippen MR) is 230 cm³/mol. The molecule has 0 rings (SSSR count). The van der Waals surface area contributed by atoms with Gasteiger partial charge in [-0.05, 0) is 58.2 Å². The fourth-order valence-corrected chi connectivity index (χ4v) is 8.07. The minimum atomic E-state index is 0.0134. The molecule has 1 atom stereocenters. The summed E-state index contributed by atoms with van der Waals surface area (Å²) in [7, 11) is 0. The zero-order valence-corrected chi connectivity index (χ0v) is 38.3. The summed E-state index contributed by atoms with van der Waals surface area (Å²) < 4.78 is 0. The number of hydrogen-bond acceptors (Lipinski definition) is 7. The second-order valence-electron chi connectivity index (χ2n) is 21.5. The van der Waals surface area contributed by atoms with E-state index in [9.17, 15) is 14.4 Å². The van der Waals surface area contributed by atoms with Crippen LogP contribution in [0.1, 0.15) is 155 Å². The molecular formula is C44H91N7O3. The maximum Gasteiger partial charge on any atom is 0.221 e. The first kappa shape index (κ1) is 52.2. The molecule has 10 nitrogen and oxygen atoms in total. The van der Waals surface area contributed by atoms with Crippen LogP contribution >= 0.6 is 0 Å². The number of nitrogens with one attached hydrogen (secondary N) is 4. The molecule has 0 aliphatic heterocycles. The van der Waals surface area contributed by atoms with Crippen LogP contribution < -0.4 is 27.0 Å². The van der Waals surface area contributed by atoms with E-state index in [-0.39, 0.29) is 50.2 Å². The van der Waals surface area contributed by atoms with Crippen molar-refractivity contribution in [1.29, 1.82) is 0 Å². The van der Waals surface area contributed by atoms with E-state index >= 15 is 0 Å². The quantitative estimate of drug-likeness (QED) is 0.0528. The van der Waals surface area contributed by atoms with Crippen molar-refractivity contribution in [1.82, 2.24) is 31.1 Å². The van der Waals surface area contributed by atoms with Gasteiger partial charge < -0.3 is 36.8 Å². The monoisotopic (exact) mass is 766 g/mol. The Kier molecular flexibility index (Phi) is 23.3. The molecule has 0 aliphatic carbocycles. The van der Waals surface area contributed by atoms with E-state index in [1.165, 1.54) is 0 Å². The smallest absolute Gasteiger partial charge is 0.221 e. The lowest BCUT2D eigenvalue weighted by Crippen LogP contribution is -2.42. The van der Waals surface area contributed by atoms with Gasteiger partial charge in [-0.1, -0.05) is 110 Å². The van der Waals surface area contributed by atoms with Gasteiger partial charge in [0, 0.05) is 97.8 Å². The lowest BCUT2D eigenvalue weighted by atomic mass is 9.71. The summed E-state index contributed by atoms with van der Waals surface area (Å²) in [5.74, 6) is 0.197. The molecule has 0 aromatic rings. The van der Waals surface area contributed by atoms with Gasteiger partial charge in [0.05, 0.1) is 0 Å². The Morgan fingerprint density at radius 3 is 1.19 bits per heavy atom. The van der Waals surface area contributed by atoms with Crippen LogP contribution in [0.5, 0.6) is 0 Å². The zero-order valence-electron chi connectivity index (χ0n) is 38.3. The summed E-state index contributed by atoms with van der Waals surface area (Å²) in [5.41, 5.74) is 6.68. The third kappa shape index (κ3) is 27.8. The van der Waals surface area contributed by atoms with Gasteiger partial charge in [0.1, 0.15) is 0 Å². The molecule has 0 aliphatic rings. The summed E-state index contributed by atoms with van der Waals surface area (Å²) in [5, 5.41) is 13.1. The summed E-state index contributed by atoms with van der Waals surface area (Å²) in [6.07, 6.45) is 6.50. The molecule has 0 spiro atoms. The van der Waals surface area contributed by atoms with Crippen molar-refractivity contribution in [2.75, 3.05) is 78.5 Å². The molecule has 0 fully saturated rings. The Bertz CT molecular complexity index is 1080. The first-order valence-electron chi connectivity index (χ1n) is 21.3. The molecule has 0 radical (unpaired) electrons. The molecule has 10 heteroatoms. The van der Waals surface area contributed by atoms with Crippen LogP contribution in [0.4, 0.5) is 0 Å². The van der Waals surface area contributed by atoms with Crippen LogP contribution in [0.2, 0.25) is 0 Å². The molecule has 1 unspecified atom stereocenters. The van der Waals surface area contributed by atoms with Crippen molar-refractivity contribution < 1.29 is 14.4 Å². The van der Waals surface area contributed by atoms with E-state index in [1.807, 2.05) is 0 Å². The number of nitrogens with two attached hydrogens (primary N) is 1. The summed E-state index contributed by atoms with van der Waals surface area (Å²) in [6.45, 7) is 41.8. The Labute approximate surface area is 334 Å². The van der Waals surface area contributed by atoms with E-state index in [1.54, 1.807) is 0 Å². The highest BCUT2D eigenvalue weighted by Crippen LogP contribution is 2.38. The van der Waals surface area contributed by atoms with Gasteiger partial charge in [0.25, 0.3) is 0 Å². The standard InChI is InChI=1S/C44H91N7O3/c1-16-41(9,10)32-44(15,17-2)35-49-38(54)19-25-50(24-18-36(52)47-33-42(11,12)30-39(3,4)5)28-22-46-23-29-51(27-21-45)26-20-37(53)48-34-43(13,14)31-40(6,7)8/h46H,16-35,45H2,1-15H3,(H,47,52)(H,48,53)(H,49,54). The van der Waals surface area contributed by atoms with Gasteiger partial charge in [0.2, 0.25) is 17.7 Å².